The first-order chi connectivity index (χ1) is 16.2. The molecule has 1 aliphatic carbocycles. The highest BCUT2D eigenvalue weighted by Gasteiger charge is 2.27. The second-order valence-corrected chi connectivity index (χ2v) is 8.14. The topological polar surface area (TPSA) is 98.1 Å². The number of fused-ring (bicyclic) bond motifs is 1. The van der Waals surface area contributed by atoms with Crippen molar-refractivity contribution in [3.63, 3.8) is 0 Å². The van der Waals surface area contributed by atoms with Crippen LogP contribution < -0.4 is 15.9 Å². The largest absolute Gasteiger partial charge is 0.494 e. The van der Waals surface area contributed by atoms with E-state index in [4.69, 9.17) is 5.73 Å². The number of benzene rings is 1. The van der Waals surface area contributed by atoms with Crippen molar-refractivity contribution in [2.75, 3.05) is 7.11 Å². The molecule has 1 aliphatic rings. The fraction of sp³-hybridized carbons (Fsp3) is 0.375. The third-order valence-electron chi connectivity index (χ3n) is 5.91. The molecular formula is C24H25F4N3O3. The van der Waals surface area contributed by atoms with Crippen LogP contribution >= 0.6 is 0 Å². The van der Waals surface area contributed by atoms with Crippen molar-refractivity contribution in [1.82, 2.24) is 9.97 Å². The number of hydrogen-bond acceptors (Lipinski definition) is 4. The lowest BCUT2D eigenvalue weighted by Gasteiger charge is -2.13. The number of H-pyrrole nitrogens is 1. The molecule has 4 rings (SSSR count). The number of amides is 1. The lowest BCUT2D eigenvalue weighted by Crippen LogP contribution is -2.18. The maximum absolute atomic E-state index is 12.5. The second-order valence-electron chi connectivity index (χ2n) is 8.14. The summed E-state index contributed by atoms with van der Waals surface area (Å²) in [5, 5.41) is 0.195. The molecule has 34 heavy (non-hydrogen) atoms. The van der Waals surface area contributed by atoms with Crippen LogP contribution in [0.15, 0.2) is 41.3 Å². The molecule has 3 N–H and O–H groups in total. The Bertz CT molecular complexity index is 1220. The number of aromatic nitrogens is 2. The highest BCUT2D eigenvalue weighted by Crippen LogP contribution is 2.40. The Kier molecular flexibility index (Phi) is 8.25. The van der Waals surface area contributed by atoms with E-state index in [-0.39, 0.29) is 40.5 Å². The van der Waals surface area contributed by atoms with Crippen molar-refractivity contribution in [3.05, 3.63) is 69.8 Å². The fourth-order valence-electron chi connectivity index (χ4n) is 4.25. The van der Waals surface area contributed by atoms with Gasteiger partial charge in [0.15, 0.2) is 17.0 Å². The Morgan fingerprint density at radius 1 is 1.26 bits per heavy atom. The third kappa shape index (κ3) is 5.92. The fourth-order valence-corrected chi connectivity index (χ4v) is 4.25. The number of primary amides is 1. The molecule has 0 aliphatic heterocycles. The van der Waals surface area contributed by atoms with E-state index in [9.17, 15) is 27.2 Å². The number of halogens is 4. The van der Waals surface area contributed by atoms with Crippen molar-refractivity contribution in [3.8, 4) is 5.75 Å². The first-order valence-electron chi connectivity index (χ1n) is 10.8. The number of pyridine rings is 2. The predicted octanol–water partition coefficient (Wildman–Crippen LogP) is 4.92. The molecule has 0 spiro atoms. The van der Waals surface area contributed by atoms with Crippen LogP contribution in [0.4, 0.5) is 17.6 Å². The summed E-state index contributed by atoms with van der Waals surface area (Å²) < 4.78 is 54.0. The van der Waals surface area contributed by atoms with Gasteiger partial charge in [0.05, 0.1) is 18.0 Å². The summed E-state index contributed by atoms with van der Waals surface area (Å²) in [5.74, 6) is -2.23. The van der Waals surface area contributed by atoms with Crippen LogP contribution in [-0.2, 0) is 0 Å². The molecule has 2 unspecified atom stereocenters. The molecule has 2 heterocycles. The summed E-state index contributed by atoms with van der Waals surface area (Å²) >= 11 is 0. The van der Waals surface area contributed by atoms with Crippen LogP contribution in [0.25, 0.3) is 10.9 Å². The highest BCUT2D eigenvalue weighted by atomic mass is 19.3. The highest BCUT2D eigenvalue weighted by molar-refractivity contribution is 6.03. The molecule has 6 nitrogen and oxygen atoms in total. The zero-order chi connectivity index (χ0) is 24.8. The number of aromatic amines is 1. The Morgan fingerprint density at radius 3 is 2.68 bits per heavy atom. The van der Waals surface area contributed by atoms with Crippen molar-refractivity contribution < 1.29 is 27.1 Å². The van der Waals surface area contributed by atoms with Gasteiger partial charge in [-0.2, -0.15) is 4.39 Å². The monoisotopic (exact) mass is 479 g/mol. The number of nitrogens with one attached hydrogen (secondary N) is 1. The number of nitrogens with two attached hydrogens (primary N) is 1. The minimum absolute atomic E-state index is 0.0402. The molecule has 0 saturated heterocycles. The number of hydrogen-bond donors (Lipinski definition) is 2. The molecule has 1 amide bonds. The quantitative estimate of drug-likeness (QED) is 0.490. The van der Waals surface area contributed by atoms with E-state index in [0.717, 1.165) is 31.0 Å². The van der Waals surface area contributed by atoms with Gasteiger partial charge in [-0.15, -0.1) is 0 Å². The number of carbonyl (C=O) groups is 1. The van der Waals surface area contributed by atoms with Gasteiger partial charge in [-0.05, 0) is 55.7 Å². The summed E-state index contributed by atoms with van der Waals surface area (Å²) in [7, 11) is 1.29. The van der Waals surface area contributed by atoms with Gasteiger partial charge < -0.3 is 15.5 Å². The minimum Gasteiger partial charge on any atom is -0.494 e. The molecule has 0 bridgehead atoms. The zero-order valence-electron chi connectivity index (χ0n) is 18.5. The minimum atomic E-state index is -2.26. The Morgan fingerprint density at radius 2 is 2.03 bits per heavy atom. The molecular weight excluding hydrogens is 454 g/mol. The van der Waals surface area contributed by atoms with Crippen LogP contribution in [0.3, 0.4) is 0 Å². The molecule has 2 atom stereocenters. The van der Waals surface area contributed by atoms with Crippen molar-refractivity contribution in [1.29, 1.82) is 0 Å². The summed E-state index contributed by atoms with van der Waals surface area (Å²) in [6.07, 6.45) is 2.17. The predicted molar refractivity (Wildman–Crippen MR) is 119 cm³/mol. The van der Waals surface area contributed by atoms with Gasteiger partial charge in [0, 0.05) is 24.4 Å². The maximum atomic E-state index is 12.5. The van der Waals surface area contributed by atoms with Gasteiger partial charge in [-0.3, -0.25) is 14.6 Å². The van der Waals surface area contributed by atoms with Crippen LogP contribution in [0.2, 0.25) is 0 Å². The van der Waals surface area contributed by atoms with E-state index in [1.807, 2.05) is 0 Å². The number of methoxy groups -OCH3 is 1. The summed E-state index contributed by atoms with van der Waals surface area (Å²) in [4.78, 5) is 30.9. The van der Waals surface area contributed by atoms with Gasteiger partial charge in [0.25, 0.3) is 5.91 Å². The van der Waals surface area contributed by atoms with Crippen molar-refractivity contribution >= 4 is 16.8 Å². The van der Waals surface area contributed by atoms with Gasteiger partial charge in [0.1, 0.15) is 5.69 Å². The lowest BCUT2D eigenvalue weighted by atomic mass is 9.97. The zero-order valence-corrected chi connectivity index (χ0v) is 18.5. The second kappa shape index (κ2) is 11.1. The Hall–Kier alpha value is -3.43. The first-order valence-corrected chi connectivity index (χ1v) is 10.8. The van der Waals surface area contributed by atoms with E-state index >= 15 is 0 Å². The SMILES string of the molecule is COc1cccc(F)c1F.NC(=O)c1nccc2[nH]c(C3CCC(CCC(F)F)C3)cc(=O)c12. The number of carbonyl (C=O) groups excluding carboxylic acids is 1. The molecule has 1 fully saturated rings. The third-order valence-corrected chi connectivity index (χ3v) is 5.91. The lowest BCUT2D eigenvalue weighted by molar-refractivity contribution is 0.0997. The van der Waals surface area contributed by atoms with Gasteiger partial charge in [-0.25, -0.2) is 13.2 Å². The number of nitrogens with zero attached hydrogens (tertiary/aromatic N) is 1. The van der Waals surface area contributed by atoms with Crippen LogP contribution in [-0.4, -0.2) is 29.4 Å². The average Bonchev–Trinajstić information content (AvgIpc) is 3.28. The average molecular weight is 479 g/mol. The number of alkyl halides is 2. The van der Waals surface area contributed by atoms with Crippen molar-refractivity contribution in [2.24, 2.45) is 11.7 Å². The molecule has 10 heteroatoms. The van der Waals surface area contributed by atoms with Crippen LogP contribution in [0, 0.1) is 17.6 Å². The van der Waals surface area contributed by atoms with Gasteiger partial charge in [-0.1, -0.05) is 6.07 Å². The first kappa shape index (κ1) is 25.2. The molecule has 1 aromatic carbocycles. The molecule has 1 saturated carbocycles. The van der Waals surface area contributed by atoms with Gasteiger partial charge in [0.2, 0.25) is 12.2 Å². The smallest absolute Gasteiger partial charge is 0.268 e. The molecule has 182 valence electrons. The summed E-state index contributed by atoms with van der Waals surface area (Å²) in [5.41, 5.74) is 6.25. The molecule has 2 aromatic heterocycles. The van der Waals surface area contributed by atoms with E-state index in [1.54, 1.807) is 6.07 Å². The van der Waals surface area contributed by atoms with E-state index in [1.165, 1.54) is 31.5 Å². The van der Waals surface area contributed by atoms with Crippen LogP contribution in [0.5, 0.6) is 5.75 Å². The normalized spacial score (nSPS) is 17.5. The summed E-state index contributed by atoms with van der Waals surface area (Å²) in [6.45, 7) is 0. The summed E-state index contributed by atoms with van der Waals surface area (Å²) in [6, 6.07) is 6.90. The van der Waals surface area contributed by atoms with E-state index < -0.39 is 24.0 Å². The van der Waals surface area contributed by atoms with Crippen molar-refractivity contribution in [2.45, 2.75) is 44.4 Å². The Labute approximate surface area is 193 Å². The Balaban J connectivity index is 0.000000271. The van der Waals surface area contributed by atoms with E-state index in [2.05, 4.69) is 14.7 Å². The maximum Gasteiger partial charge on any atom is 0.268 e. The number of ether oxygens (including phenoxy) is 1. The molecule has 3 aromatic rings. The number of rotatable bonds is 6. The molecule has 0 radical (unpaired) electrons. The standard InChI is InChI=1S/C17H19F2N3O2.C7H6F2O/c18-14(19)4-2-9-1-3-10(7-9)12-8-13(23)15-11(22-12)5-6-21-16(15)17(20)24;1-10-6-4-2-3-5(8)7(6)9/h5-6,8-10,14H,1-4,7H2,(H2,20,24)(H,22,23);2-4H,1H3. The van der Waals surface area contributed by atoms with Gasteiger partial charge >= 0.3 is 0 Å². The van der Waals surface area contributed by atoms with E-state index in [0.29, 0.717) is 11.9 Å². The van der Waals surface area contributed by atoms with Crippen LogP contribution in [0.1, 0.15) is 54.2 Å².